The largest absolute Gasteiger partial charge is 0.506 e. The summed E-state index contributed by atoms with van der Waals surface area (Å²) in [7, 11) is 0. The van der Waals surface area contributed by atoms with Crippen LogP contribution in [0.15, 0.2) is 106 Å². The average molecular weight is 926 g/mol. The standard InChI is InChI=1S/C58H72N2O4S2/c1-15-17-23-59-47-31-43(63-35-37-25-39(55(3,4)5)29-40(26-37)56(6,7)8)19-21-49(47)65-51(59)33-45-53(61)46(54(45)62)34-52-60(24-18-16-2)48-32-44(20-22-50(48)66-52)64-36-38-27-41(57(9,10)11)30-42(28-38)58(12,13)14/h19-22,25-34H,15-18,23-24,35-36H2,1-14H3/p+1. The molecule has 1 aliphatic heterocycles. The maximum absolute atomic E-state index is 14.0. The monoisotopic (exact) mass is 926 g/mol. The van der Waals surface area contributed by atoms with Gasteiger partial charge in [-0.1, -0.05) is 169 Å². The van der Waals surface area contributed by atoms with Gasteiger partial charge in [-0.3, -0.25) is 4.79 Å². The molecule has 0 saturated carbocycles. The number of carbonyl (C=O) groups excluding carboxylic acids is 1. The van der Waals surface area contributed by atoms with Crippen molar-refractivity contribution in [3.8, 4) is 11.5 Å². The number of allylic oxidation sites excluding steroid dienone is 3. The van der Waals surface area contributed by atoms with Crippen LogP contribution in [0.5, 0.6) is 11.5 Å². The predicted octanol–water partition coefficient (Wildman–Crippen LogP) is 15.4. The fraction of sp³-hybridized carbons (Fsp3) is 0.448. The van der Waals surface area contributed by atoms with Crippen LogP contribution in [0.3, 0.4) is 0 Å². The fourth-order valence-electron chi connectivity index (χ4n) is 8.22. The van der Waals surface area contributed by atoms with E-state index in [1.807, 2.05) is 24.3 Å². The van der Waals surface area contributed by atoms with Crippen molar-refractivity contribution in [1.82, 2.24) is 0 Å². The third-order valence-electron chi connectivity index (χ3n) is 12.7. The number of anilines is 1. The molecule has 5 aromatic rings. The van der Waals surface area contributed by atoms with Crippen LogP contribution in [0.4, 0.5) is 5.69 Å². The Kier molecular flexibility index (Phi) is 14.2. The van der Waals surface area contributed by atoms with Gasteiger partial charge in [0, 0.05) is 30.0 Å². The van der Waals surface area contributed by atoms with E-state index in [0.29, 0.717) is 24.4 Å². The molecule has 2 heterocycles. The van der Waals surface area contributed by atoms with Crippen LogP contribution in [0, 0.1) is 0 Å². The van der Waals surface area contributed by atoms with E-state index in [2.05, 4.69) is 167 Å². The second-order valence-electron chi connectivity index (χ2n) is 22.4. The van der Waals surface area contributed by atoms with Crippen molar-refractivity contribution in [2.75, 3.05) is 11.4 Å². The van der Waals surface area contributed by atoms with Gasteiger partial charge in [0.25, 0.3) is 5.01 Å². The number of benzene rings is 4. The molecule has 6 nitrogen and oxygen atoms in total. The summed E-state index contributed by atoms with van der Waals surface area (Å²) >= 11 is 3.27. The lowest BCUT2D eigenvalue weighted by atomic mass is 9.79. The first-order chi connectivity index (χ1) is 30.9. The third-order valence-corrected chi connectivity index (χ3v) is 14.9. The van der Waals surface area contributed by atoms with E-state index in [1.54, 1.807) is 23.1 Å². The van der Waals surface area contributed by atoms with Gasteiger partial charge in [0.2, 0.25) is 11.3 Å². The molecule has 0 radical (unpaired) electrons. The Morgan fingerprint density at radius 2 is 1.17 bits per heavy atom. The lowest BCUT2D eigenvalue weighted by Gasteiger charge is -2.26. The van der Waals surface area contributed by atoms with Crippen LogP contribution in [0.1, 0.15) is 161 Å². The third kappa shape index (κ3) is 11.0. The highest BCUT2D eigenvalue weighted by molar-refractivity contribution is 8.03. The van der Waals surface area contributed by atoms with E-state index in [0.717, 1.165) is 92.2 Å². The summed E-state index contributed by atoms with van der Waals surface area (Å²) in [4.78, 5) is 17.4. The maximum Gasteiger partial charge on any atom is 0.263 e. The number of unbranched alkanes of at least 4 members (excludes halogenated alkanes) is 2. The molecule has 1 aliphatic carbocycles. The number of carbonyl (C=O) groups is 1. The summed E-state index contributed by atoms with van der Waals surface area (Å²) in [6, 6.07) is 26.3. The number of thiazole rings is 1. The van der Waals surface area contributed by atoms with Crippen molar-refractivity contribution >= 4 is 50.9 Å². The normalized spacial score (nSPS) is 15.9. The molecule has 0 unspecified atom stereocenters. The van der Waals surface area contributed by atoms with Gasteiger partial charge in [-0.05, 0) is 91.8 Å². The Balaban J connectivity index is 1.13. The number of hydrogen-bond acceptors (Lipinski definition) is 7. The highest BCUT2D eigenvalue weighted by Crippen LogP contribution is 2.49. The lowest BCUT2D eigenvalue weighted by Crippen LogP contribution is -2.35. The van der Waals surface area contributed by atoms with Crippen LogP contribution in [-0.4, -0.2) is 17.4 Å². The molecule has 0 amide bonds. The molecule has 8 heteroatoms. The number of ether oxygens (including phenoxy) is 2. The number of hydrogen-bond donors (Lipinski definition) is 1. The predicted molar refractivity (Wildman–Crippen MR) is 279 cm³/mol. The summed E-state index contributed by atoms with van der Waals surface area (Å²) < 4.78 is 16.4. The zero-order chi connectivity index (χ0) is 47.9. The molecule has 0 saturated heterocycles. The smallest absolute Gasteiger partial charge is 0.263 e. The number of aliphatic hydroxyl groups excluding tert-OH is 1. The van der Waals surface area contributed by atoms with Crippen LogP contribution in [-0.2, 0) is 46.2 Å². The Hall–Kier alpha value is -4.79. The fourth-order valence-corrected chi connectivity index (χ4v) is 10.4. The topological polar surface area (TPSA) is 62.9 Å². The SMILES string of the molecule is CCCCN1/C(=C/C2=C(O)C(=C/c3sc4ccc(OCc5cc(C(C)(C)C)cc(C(C)(C)C)c5)cc4[n+]3CCCC)/C2=O)Sc2ccc(OCc3cc(C(C)(C)C)cc(C(C)(C)C)c3)cc21. The molecule has 0 fully saturated rings. The molecule has 0 atom stereocenters. The average Bonchev–Trinajstić information content (AvgIpc) is 3.78. The van der Waals surface area contributed by atoms with E-state index in [4.69, 9.17) is 9.47 Å². The molecule has 1 aromatic heterocycles. The molecule has 7 rings (SSSR count). The molecule has 350 valence electrons. The maximum atomic E-state index is 14.0. The molecule has 0 spiro atoms. The Morgan fingerprint density at radius 1 is 0.652 bits per heavy atom. The minimum Gasteiger partial charge on any atom is -0.506 e. The van der Waals surface area contributed by atoms with Gasteiger partial charge in [0.15, 0.2) is 6.54 Å². The molecule has 0 bridgehead atoms. The molecule has 1 N–H and O–H groups in total. The zero-order valence-electron chi connectivity index (χ0n) is 42.1. The number of aryl methyl sites for hydroxylation is 1. The minimum absolute atomic E-state index is 0.0269. The van der Waals surface area contributed by atoms with E-state index >= 15 is 0 Å². The van der Waals surface area contributed by atoms with E-state index in [-0.39, 0.29) is 33.2 Å². The number of ketones is 1. The quantitative estimate of drug-likeness (QED) is 0.0884. The summed E-state index contributed by atoms with van der Waals surface area (Å²) in [5, 5.41) is 13.4. The van der Waals surface area contributed by atoms with E-state index < -0.39 is 0 Å². The first-order valence-corrected chi connectivity index (χ1v) is 25.6. The van der Waals surface area contributed by atoms with Crippen molar-refractivity contribution in [1.29, 1.82) is 0 Å². The number of Topliss-reactive ketones (excluding diaryl/α,β-unsaturated/α-hetero) is 1. The van der Waals surface area contributed by atoms with Gasteiger partial charge in [-0.2, -0.15) is 4.57 Å². The van der Waals surface area contributed by atoms with Gasteiger partial charge >= 0.3 is 0 Å². The van der Waals surface area contributed by atoms with Crippen molar-refractivity contribution in [2.45, 2.75) is 169 Å². The van der Waals surface area contributed by atoms with Crippen molar-refractivity contribution in [2.24, 2.45) is 0 Å². The van der Waals surface area contributed by atoms with Crippen LogP contribution >= 0.6 is 23.1 Å². The van der Waals surface area contributed by atoms with Gasteiger partial charge < -0.3 is 19.5 Å². The van der Waals surface area contributed by atoms with Gasteiger partial charge in [0.05, 0.1) is 27.9 Å². The zero-order valence-corrected chi connectivity index (χ0v) is 43.8. The van der Waals surface area contributed by atoms with Crippen LogP contribution < -0.4 is 18.9 Å². The number of aromatic nitrogens is 1. The summed E-state index contributed by atoms with van der Waals surface area (Å²) in [6.07, 6.45) is 7.79. The number of rotatable bonds is 14. The molecule has 66 heavy (non-hydrogen) atoms. The minimum atomic E-state index is -0.140. The molecular formula is C58H73N2O4S2+. The summed E-state index contributed by atoms with van der Waals surface area (Å²) in [6.45, 7) is 34.0. The highest BCUT2D eigenvalue weighted by Gasteiger charge is 2.36. The second kappa shape index (κ2) is 19.1. The summed E-state index contributed by atoms with van der Waals surface area (Å²) in [5.74, 6) is 1.52. The number of aliphatic hydroxyl groups is 1. The molecular weight excluding hydrogens is 853 g/mol. The van der Waals surface area contributed by atoms with Crippen LogP contribution in [0.25, 0.3) is 16.3 Å². The van der Waals surface area contributed by atoms with E-state index in [9.17, 15) is 9.90 Å². The first kappa shape index (κ1) is 49.1. The van der Waals surface area contributed by atoms with Gasteiger partial charge in [-0.15, -0.1) is 0 Å². The lowest BCUT2D eigenvalue weighted by molar-refractivity contribution is -0.669. The number of thioether (sulfide) groups is 1. The van der Waals surface area contributed by atoms with Gasteiger partial charge in [0.1, 0.15) is 35.2 Å². The van der Waals surface area contributed by atoms with Crippen molar-refractivity contribution < 1.29 is 23.9 Å². The van der Waals surface area contributed by atoms with Crippen LogP contribution in [0.2, 0.25) is 0 Å². The Bertz CT molecular complexity index is 2660. The Morgan fingerprint density at radius 3 is 1.67 bits per heavy atom. The van der Waals surface area contributed by atoms with Gasteiger partial charge in [-0.25, -0.2) is 0 Å². The van der Waals surface area contributed by atoms with E-state index in [1.165, 1.54) is 22.3 Å². The number of fused-ring (bicyclic) bond motifs is 2. The highest BCUT2D eigenvalue weighted by atomic mass is 32.2. The van der Waals surface area contributed by atoms with Crippen molar-refractivity contribution in [3.05, 3.63) is 139 Å². The molecule has 4 aromatic carbocycles. The first-order valence-electron chi connectivity index (χ1n) is 24.0. The van der Waals surface area contributed by atoms with Crippen molar-refractivity contribution in [3.63, 3.8) is 0 Å². The number of nitrogens with zero attached hydrogens (tertiary/aromatic N) is 2. The second-order valence-corrected chi connectivity index (χ2v) is 24.5. The summed E-state index contributed by atoms with van der Waals surface area (Å²) in [5.41, 5.74) is 10.5. The Labute approximate surface area is 403 Å². The molecule has 2 aliphatic rings.